The maximum Gasteiger partial charge on any atom is 0.249 e. The van der Waals surface area contributed by atoms with Crippen LogP contribution in [-0.4, -0.2) is 43.4 Å². The highest BCUT2D eigenvalue weighted by atomic mass is 35.5. The van der Waals surface area contributed by atoms with Gasteiger partial charge in [-0.05, 0) is 43.8 Å². The molecule has 1 aliphatic heterocycles. The van der Waals surface area contributed by atoms with Crippen molar-refractivity contribution >= 4 is 24.2 Å². The minimum absolute atomic E-state index is 0. The summed E-state index contributed by atoms with van der Waals surface area (Å²) in [5, 5.41) is 6.17. The number of rotatable bonds is 7. The summed E-state index contributed by atoms with van der Waals surface area (Å²) in [5.41, 5.74) is 0.848. The molecule has 1 aromatic rings. The minimum atomic E-state index is -0.596. The van der Waals surface area contributed by atoms with Crippen molar-refractivity contribution in [2.24, 2.45) is 11.8 Å². The summed E-state index contributed by atoms with van der Waals surface area (Å²) in [5.74, 6) is 0.678. The molecule has 0 aromatic heterocycles. The Morgan fingerprint density at radius 1 is 1.23 bits per heavy atom. The first kappa shape index (κ1) is 22.5. The molecule has 1 fully saturated rings. The Hall–Kier alpha value is -1.59. The molecule has 0 saturated carbocycles. The van der Waals surface area contributed by atoms with E-state index in [-0.39, 0.29) is 30.1 Å². The van der Waals surface area contributed by atoms with Crippen LogP contribution in [0.3, 0.4) is 0 Å². The molecule has 0 aliphatic carbocycles. The highest BCUT2D eigenvalue weighted by Gasteiger charge is 2.30. The molecular formula is C20H32ClN3O2. The summed E-state index contributed by atoms with van der Waals surface area (Å²) < 4.78 is 0. The van der Waals surface area contributed by atoms with Crippen molar-refractivity contribution in [1.82, 2.24) is 15.5 Å². The fourth-order valence-electron chi connectivity index (χ4n) is 3.43. The van der Waals surface area contributed by atoms with Gasteiger partial charge in [-0.2, -0.15) is 0 Å². The number of benzene rings is 1. The van der Waals surface area contributed by atoms with Crippen LogP contribution in [0.2, 0.25) is 0 Å². The maximum atomic E-state index is 13.2. The normalized spacial score (nSPS) is 18.2. The van der Waals surface area contributed by atoms with Crippen molar-refractivity contribution in [3.8, 4) is 0 Å². The Morgan fingerprint density at radius 3 is 2.54 bits per heavy atom. The number of likely N-dealkylation sites (tertiary alicyclic amines) is 1. The zero-order chi connectivity index (χ0) is 18.2. The number of hydrogen-bond donors (Lipinski definition) is 2. The van der Waals surface area contributed by atoms with E-state index in [1.54, 1.807) is 0 Å². The standard InChI is InChI=1S/C20H31N3O2.ClH/c1-15(2)12-18(24)22-19(17-9-5-4-6-10-17)20(25)23-11-7-8-16(14-23)13-21-3;/h4-6,9-10,15-16,19,21H,7-8,11-14H2,1-3H3,(H,22,24);1H. The molecule has 6 heteroatoms. The molecule has 2 amide bonds. The van der Waals surface area contributed by atoms with Crippen LogP contribution in [0.5, 0.6) is 0 Å². The molecule has 1 heterocycles. The zero-order valence-corrected chi connectivity index (χ0v) is 16.8. The maximum absolute atomic E-state index is 13.2. The van der Waals surface area contributed by atoms with Crippen LogP contribution in [-0.2, 0) is 9.59 Å². The molecule has 26 heavy (non-hydrogen) atoms. The van der Waals surface area contributed by atoms with E-state index < -0.39 is 6.04 Å². The lowest BCUT2D eigenvalue weighted by atomic mass is 9.96. The highest BCUT2D eigenvalue weighted by Crippen LogP contribution is 2.22. The molecule has 146 valence electrons. The lowest BCUT2D eigenvalue weighted by Gasteiger charge is -2.35. The molecule has 1 aromatic carbocycles. The zero-order valence-electron chi connectivity index (χ0n) is 16.0. The van der Waals surface area contributed by atoms with Gasteiger partial charge in [-0.25, -0.2) is 0 Å². The third-order valence-electron chi connectivity index (χ3n) is 4.60. The number of carbonyl (C=O) groups is 2. The molecule has 5 nitrogen and oxygen atoms in total. The SMILES string of the molecule is CNCC1CCCN(C(=O)C(NC(=O)CC(C)C)c2ccccc2)C1.Cl. The molecule has 0 spiro atoms. The van der Waals surface area contributed by atoms with Crippen molar-refractivity contribution in [2.75, 3.05) is 26.7 Å². The van der Waals surface area contributed by atoms with E-state index in [1.807, 2.05) is 56.1 Å². The monoisotopic (exact) mass is 381 g/mol. The fourth-order valence-corrected chi connectivity index (χ4v) is 3.43. The summed E-state index contributed by atoms with van der Waals surface area (Å²) in [6.07, 6.45) is 2.58. The predicted octanol–water partition coefficient (Wildman–Crippen LogP) is 2.77. The third kappa shape index (κ3) is 6.61. The summed E-state index contributed by atoms with van der Waals surface area (Å²) in [7, 11) is 1.94. The van der Waals surface area contributed by atoms with Crippen molar-refractivity contribution in [1.29, 1.82) is 0 Å². The van der Waals surface area contributed by atoms with Gasteiger partial charge in [0.2, 0.25) is 11.8 Å². The van der Waals surface area contributed by atoms with Crippen LogP contribution >= 0.6 is 12.4 Å². The van der Waals surface area contributed by atoms with Gasteiger partial charge in [0.1, 0.15) is 6.04 Å². The number of hydrogen-bond acceptors (Lipinski definition) is 3. The lowest BCUT2D eigenvalue weighted by Crippen LogP contribution is -2.48. The van der Waals surface area contributed by atoms with Crippen LogP contribution < -0.4 is 10.6 Å². The molecule has 0 bridgehead atoms. The van der Waals surface area contributed by atoms with E-state index in [0.29, 0.717) is 12.3 Å². The number of amides is 2. The third-order valence-corrected chi connectivity index (χ3v) is 4.60. The van der Waals surface area contributed by atoms with Gasteiger partial charge in [0.15, 0.2) is 0 Å². The van der Waals surface area contributed by atoms with Crippen LogP contribution in [0.4, 0.5) is 0 Å². The van der Waals surface area contributed by atoms with Gasteiger partial charge < -0.3 is 15.5 Å². The first-order chi connectivity index (χ1) is 12.0. The van der Waals surface area contributed by atoms with Gasteiger partial charge in [-0.15, -0.1) is 12.4 Å². The van der Waals surface area contributed by atoms with Crippen LogP contribution in [0.25, 0.3) is 0 Å². The van der Waals surface area contributed by atoms with Gasteiger partial charge >= 0.3 is 0 Å². The second kappa shape index (κ2) is 11.2. The topological polar surface area (TPSA) is 61.4 Å². The van der Waals surface area contributed by atoms with Gasteiger partial charge in [0.05, 0.1) is 0 Å². The predicted molar refractivity (Wildman–Crippen MR) is 107 cm³/mol. The van der Waals surface area contributed by atoms with Crippen molar-refractivity contribution in [3.63, 3.8) is 0 Å². The Labute approximate surface area is 163 Å². The first-order valence-corrected chi connectivity index (χ1v) is 9.29. The number of carbonyl (C=O) groups excluding carboxylic acids is 2. The number of nitrogens with zero attached hydrogens (tertiary/aromatic N) is 1. The van der Waals surface area contributed by atoms with Crippen LogP contribution in [0.1, 0.15) is 44.7 Å². The van der Waals surface area contributed by atoms with Crippen molar-refractivity contribution < 1.29 is 9.59 Å². The van der Waals surface area contributed by atoms with Crippen LogP contribution in [0.15, 0.2) is 30.3 Å². The molecular weight excluding hydrogens is 350 g/mol. The first-order valence-electron chi connectivity index (χ1n) is 9.29. The molecule has 2 N–H and O–H groups in total. The van der Waals surface area contributed by atoms with Crippen molar-refractivity contribution in [2.45, 2.75) is 39.2 Å². The van der Waals surface area contributed by atoms with Crippen LogP contribution in [0, 0.1) is 11.8 Å². The average Bonchev–Trinajstić information content (AvgIpc) is 2.60. The van der Waals surface area contributed by atoms with Gasteiger partial charge in [0.25, 0.3) is 0 Å². The largest absolute Gasteiger partial charge is 0.341 e. The minimum Gasteiger partial charge on any atom is -0.341 e. The fraction of sp³-hybridized carbons (Fsp3) is 0.600. The van der Waals surface area contributed by atoms with E-state index >= 15 is 0 Å². The van der Waals surface area contributed by atoms with E-state index in [9.17, 15) is 9.59 Å². The van der Waals surface area contributed by atoms with E-state index in [2.05, 4.69) is 10.6 Å². The summed E-state index contributed by atoms with van der Waals surface area (Å²) in [6, 6.07) is 8.96. The highest BCUT2D eigenvalue weighted by molar-refractivity contribution is 5.88. The quantitative estimate of drug-likeness (QED) is 0.763. The van der Waals surface area contributed by atoms with Gasteiger partial charge in [-0.1, -0.05) is 44.2 Å². The number of halogens is 1. The molecule has 2 atom stereocenters. The number of piperidine rings is 1. The Bertz CT molecular complexity index is 563. The second-order valence-corrected chi connectivity index (χ2v) is 7.36. The number of nitrogens with one attached hydrogen (secondary N) is 2. The molecule has 1 aliphatic rings. The van der Waals surface area contributed by atoms with Crippen molar-refractivity contribution in [3.05, 3.63) is 35.9 Å². The summed E-state index contributed by atoms with van der Waals surface area (Å²) in [4.78, 5) is 27.4. The molecule has 2 unspecified atom stereocenters. The Kier molecular flexibility index (Phi) is 9.66. The molecule has 0 radical (unpaired) electrons. The second-order valence-electron chi connectivity index (χ2n) is 7.36. The summed E-state index contributed by atoms with van der Waals surface area (Å²) in [6.45, 7) is 6.45. The smallest absolute Gasteiger partial charge is 0.249 e. The van der Waals surface area contributed by atoms with E-state index in [1.165, 1.54) is 0 Å². The molecule has 2 rings (SSSR count). The van der Waals surface area contributed by atoms with E-state index in [0.717, 1.165) is 38.0 Å². The Balaban J connectivity index is 0.00000338. The lowest BCUT2D eigenvalue weighted by molar-refractivity contribution is -0.138. The summed E-state index contributed by atoms with van der Waals surface area (Å²) >= 11 is 0. The average molecular weight is 382 g/mol. The van der Waals surface area contributed by atoms with E-state index in [4.69, 9.17) is 0 Å². The Morgan fingerprint density at radius 2 is 1.92 bits per heavy atom. The van der Waals surface area contributed by atoms with Gasteiger partial charge in [-0.3, -0.25) is 9.59 Å². The molecule has 1 saturated heterocycles. The van der Waals surface area contributed by atoms with Gasteiger partial charge in [0, 0.05) is 19.5 Å².